The molecule has 0 aromatic carbocycles. The molecule has 0 spiro atoms. The Morgan fingerprint density at radius 3 is 2.21 bits per heavy atom. The van der Waals surface area contributed by atoms with Crippen molar-refractivity contribution in [3.63, 3.8) is 0 Å². The van der Waals surface area contributed by atoms with E-state index in [0.717, 1.165) is 12.8 Å². The monoisotopic (exact) mass is 200 g/mol. The normalized spacial score (nSPS) is 16.1. The summed E-state index contributed by atoms with van der Waals surface area (Å²) in [5, 5.41) is 2.89. The van der Waals surface area contributed by atoms with Crippen molar-refractivity contribution < 1.29 is 4.79 Å². The number of carbonyl (C=O) groups is 1. The van der Waals surface area contributed by atoms with Gasteiger partial charge in [0.15, 0.2) is 0 Å². The Kier molecular flexibility index (Phi) is 5.13. The Hall–Kier alpha value is -0.570. The van der Waals surface area contributed by atoms with Gasteiger partial charge in [-0.1, -0.05) is 20.8 Å². The first kappa shape index (κ1) is 13.4. The van der Waals surface area contributed by atoms with Crippen LogP contribution in [0.3, 0.4) is 0 Å². The van der Waals surface area contributed by atoms with E-state index in [4.69, 9.17) is 5.73 Å². The van der Waals surface area contributed by atoms with Gasteiger partial charge < -0.3 is 11.1 Å². The van der Waals surface area contributed by atoms with Gasteiger partial charge in [0.25, 0.3) is 0 Å². The van der Waals surface area contributed by atoms with Crippen LogP contribution >= 0.6 is 0 Å². The fraction of sp³-hybridized carbons (Fsp3) is 0.909. The van der Waals surface area contributed by atoms with Crippen LogP contribution < -0.4 is 11.1 Å². The van der Waals surface area contributed by atoms with E-state index in [1.165, 1.54) is 0 Å². The fourth-order valence-corrected chi connectivity index (χ4v) is 1.10. The summed E-state index contributed by atoms with van der Waals surface area (Å²) in [7, 11) is 0. The second-order valence-electron chi connectivity index (χ2n) is 5.30. The third-order valence-electron chi connectivity index (χ3n) is 2.13. The van der Waals surface area contributed by atoms with Gasteiger partial charge in [-0.3, -0.25) is 4.79 Å². The number of hydrogen-bond donors (Lipinski definition) is 2. The summed E-state index contributed by atoms with van der Waals surface area (Å²) in [5.41, 5.74) is 5.78. The Balaban J connectivity index is 3.77. The first-order chi connectivity index (χ1) is 6.22. The van der Waals surface area contributed by atoms with Crippen LogP contribution in [0.1, 0.15) is 47.5 Å². The van der Waals surface area contributed by atoms with Gasteiger partial charge in [0.2, 0.25) is 5.91 Å². The van der Waals surface area contributed by atoms with Crippen molar-refractivity contribution in [3.05, 3.63) is 0 Å². The molecule has 0 bridgehead atoms. The molecule has 14 heavy (non-hydrogen) atoms. The largest absolute Gasteiger partial charge is 0.352 e. The van der Waals surface area contributed by atoms with E-state index in [-0.39, 0.29) is 11.9 Å². The first-order valence-corrected chi connectivity index (χ1v) is 5.28. The molecule has 3 nitrogen and oxygen atoms in total. The third kappa shape index (κ3) is 6.89. The van der Waals surface area contributed by atoms with Crippen molar-refractivity contribution in [1.82, 2.24) is 5.32 Å². The summed E-state index contributed by atoms with van der Waals surface area (Å²) >= 11 is 0. The molecule has 0 aliphatic carbocycles. The molecule has 0 aromatic rings. The zero-order chi connectivity index (χ0) is 11.4. The van der Waals surface area contributed by atoms with Crippen LogP contribution in [0, 0.1) is 5.41 Å². The zero-order valence-corrected chi connectivity index (χ0v) is 10.1. The van der Waals surface area contributed by atoms with Gasteiger partial charge in [0, 0.05) is 6.04 Å². The smallest absolute Gasteiger partial charge is 0.236 e. The van der Waals surface area contributed by atoms with Crippen LogP contribution in [0.15, 0.2) is 0 Å². The summed E-state index contributed by atoms with van der Waals surface area (Å²) in [6, 6.07) is -0.195. The highest BCUT2D eigenvalue weighted by molar-refractivity contribution is 5.81. The molecule has 0 saturated carbocycles. The standard InChI is InChI=1S/C11H24N2O/c1-8(6-7-11(3,4)5)13-10(14)9(2)12/h8-9H,6-7,12H2,1-5H3,(H,13,14)/t8?,9-/m0/s1. The van der Waals surface area contributed by atoms with Crippen molar-refractivity contribution in [2.45, 2.75) is 59.5 Å². The minimum atomic E-state index is -0.410. The minimum absolute atomic E-state index is 0.0635. The molecule has 3 N–H and O–H groups in total. The van der Waals surface area contributed by atoms with Gasteiger partial charge in [-0.2, -0.15) is 0 Å². The summed E-state index contributed by atoms with van der Waals surface area (Å²) in [4.78, 5) is 11.2. The van der Waals surface area contributed by atoms with E-state index in [9.17, 15) is 4.79 Å². The topological polar surface area (TPSA) is 55.1 Å². The molecular formula is C11H24N2O. The van der Waals surface area contributed by atoms with Gasteiger partial charge in [0.05, 0.1) is 6.04 Å². The Morgan fingerprint density at radius 2 is 1.86 bits per heavy atom. The number of hydrogen-bond acceptors (Lipinski definition) is 2. The van der Waals surface area contributed by atoms with E-state index in [1.54, 1.807) is 6.92 Å². The third-order valence-corrected chi connectivity index (χ3v) is 2.13. The van der Waals surface area contributed by atoms with Gasteiger partial charge in [-0.15, -0.1) is 0 Å². The highest BCUT2D eigenvalue weighted by Gasteiger charge is 2.15. The maximum atomic E-state index is 11.2. The molecule has 84 valence electrons. The van der Waals surface area contributed by atoms with Crippen molar-refractivity contribution in [2.75, 3.05) is 0 Å². The van der Waals surface area contributed by atoms with E-state index >= 15 is 0 Å². The summed E-state index contributed by atoms with van der Waals surface area (Å²) < 4.78 is 0. The quantitative estimate of drug-likeness (QED) is 0.725. The molecule has 0 aliphatic rings. The predicted molar refractivity (Wildman–Crippen MR) is 59.9 cm³/mol. The van der Waals surface area contributed by atoms with Crippen molar-refractivity contribution >= 4 is 5.91 Å². The molecule has 0 saturated heterocycles. The molecule has 3 heteroatoms. The number of nitrogens with two attached hydrogens (primary N) is 1. The predicted octanol–water partition coefficient (Wildman–Crippen LogP) is 1.66. The SMILES string of the molecule is CC(CCC(C)(C)C)NC(=O)[C@H](C)N. The molecule has 0 fully saturated rings. The molecule has 0 aliphatic heterocycles. The average molecular weight is 200 g/mol. The maximum Gasteiger partial charge on any atom is 0.236 e. The lowest BCUT2D eigenvalue weighted by Crippen LogP contribution is -2.42. The molecule has 0 heterocycles. The molecule has 1 amide bonds. The van der Waals surface area contributed by atoms with Crippen LogP contribution in [0.25, 0.3) is 0 Å². The van der Waals surface area contributed by atoms with Crippen LogP contribution in [0.2, 0.25) is 0 Å². The first-order valence-electron chi connectivity index (χ1n) is 5.28. The minimum Gasteiger partial charge on any atom is -0.352 e. The Bertz CT molecular complexity index is 182. The van der Waals surface area contributed by atoms with Crippen LogP contribution in [0.5, 0.6) is 0 Å². The average Bonchev–Trinajstić information content (AvgIpc) is 1.99. The lowest BCUT2D eigenvalue weighted by molar-refractivity contribution is -0.122. The maximum absolute atomic E-state index is 11.2. The summed E-state index contributed by atoms with van der Waals surface area (Å²) in [5.74, 6) is -0.0635. The van der Waals surface area contributed by atoms with E-state index in [0.29, 0.717) is 5.41 Å². The Labute approximate surface area is 87.4 Å². The van der Waals surface area contributed by atoms with Crippen LogP contribution in [-0.4, -0.2) is 18.0 Å². The second kappa shape index (κ2) is 5.35. The number of amides is 1. The van der Waals surface area contributed by atoms with E-state index < -0.39 is 6.04 Å². The molecular weight excluding hydrogens is 176 g/mol. The fourth-order valence-electron chi connectivity index (χ4n) is 1.10. The van der Waals surface area contributed by atoms with Crippen LogP contribution in [-0.2, 0) is 4.79 Å². The highest BCUT2D eigenvalue weighted by atomic mass is 16.2. The van der Waals surface area contributed by atoms with E-state index in [1.807, 2.05) is 6.92 Å². The van der Waals surface area contributed by atoms with Crippen molar-refractivity contribution in [2.24, 2.45) is 11.1 Å². The second-order valence-corrected chi connectivity index (χ2v) is 5.30. The summed E-state index contributed by atoms with van der Waals surface area (Å²) in [6.07, 6.45) is 2.11. The highest BCUT2D eigenvalue weighted by Crippen LogP contribution is 2.21. The lowest BCUT2D eigenvalue weighted by atomic mass is 9.89. The molecule has 0 rings (SSSR count). The molecule has 2 atom stereocenters. The molecule has 0 aromatic heterocycles. The summed E-state index contributed by atoms with van der Waals surface area (Å²) in [6.45, 7) is 10.3. The number of rotatable bonds is 4. The van der Waals surface area contributed by atoms with E-state index in [2.05, 4.69) is 26.1 Å². The van der Waals surface area contributed by atoms with Gasteiger partial charge in [-0.25, -0.2) is 0 Å². The van der Waals surface area contributed by atoms with Crippen molar-refractivity contribution in [1.29, 1.82) is 0 Å². The van der Waals surface area contributed by atoms with Crippen molar-refractivity contribution in [3.8, 4) is 0 Å². The molecule has 1 unspecified atom stereocenters. The van der Waals surface area contributed by atoms with Gasteiger partial charge >= 0.3 is 0 Å². The van der Waals surface area contributed by atoms with Crippen LogP contribution in [0.4, 0.5) is 0 Å². The number of carbonyl (C=O) groups excluding carboxylic acids is 1. The Morgan fingerprint density at radius 1 is 1.36 bits per heavy atom. The molecule has 0 radical (unpaired) electrons. The zero-order valence-electron chi connectivity index (χ0n) is 10.1. The van der Waals surface area contributed by atoms with Gasteiger partial charge in [0.1, 0.15) is 0 Å². The lowest BCUT2D eigenvalue weighted by Gasteiger charge is -2.22. The number of nitrogens with one attached hydrogen (secondary N) is 1. The van der Waals surface area contributed by atoms with Gasteiger partial charge in [-0.05, 0) is 32.1 Å².